The van der Waals surface area contributed by atoms with Gasteiger partial charge in [0.05, 0.1) is 24.9 Å². The third-order valence-corrected chi connectivity index (χ3v) is 5.22. The first-order chi connectivity index (χ1) is 9.70. The van der Waals surface area contributed by atoms with E-state index in [4.69, 9.17) is 19.9 Å². The molecule has 0 aromatic rings. The van der Waals surface area contributed by atoms with Gasteiger partial charge < -0.3 is 19.9 Å². The third-order valence-electron chi connectivity index (χ3n) is 5.22. The smallest absolute Gasteiger partial charge is 0.0961 e. The zero-order valence-corrected chi connectivity index (χ0v) is 12.6. The Bertz CT molecular complexity index is 307. The number of rotatable bonds is 3. The molecule has 0 aromatic carbocycles. The summed E-state index contributed by atoms with van der Waals surface area (Å²) in [4.78, 5) is 0. The molecule has 116 valence electrons. The van der Waals surface area contributed by atoms with E-state index in [-0.39, 0.29) is 11.1 Å². The van der Waals surface area contributed by atoms with Gasteiger partial charge in [-0.25, -0.2) is 0 Å². The lowest BCUT2D eigenvalue weighted by Gasteiger charge is -2.38. The topological polar surface area (TPSA) is 53.7 Å². The lowest BCUT2D eigenvalue weighted by Crippen LogP contribution is -2.48. The molecular weight excluding hydrogens is 254 g/mol. The second kappa shape index (κ2) is 6.30. The quantitative estimate of drug-likeness (QED) is 0.808. The highest BCUT2D eigenvalue weighted by Gasteiger charge is 2.42. The fourth-order valence-electron chi connectivity index (χ4n) is 3.85. The SMILES string of the molecule is NC1(COC2CCOC3(CCOC3)C2)CCCCCC1. The molecule has 4 nitrogen and oxygen atoms in total. The highest BCUT2D eigenvalue weighted by Crippen LogP contribution is 2.35. The first-order valence-electron chi connectivity index (χ1n) is 8.32. The van der Waals surface area contributed by atoms with Gasteiger partial charge in [-0.05, 0) is 19.3 Å². The summed E-state index contributed by atoms with van der Waals surface area (Å²) in [6, 6.07) is 0. The van der Waals surface area contributed by atoms with E-state index in [9.17, 15) is 0 Å². The van der Waals surface area contributed by atoms with Crippen LogP contribution in [0.5, 0.6) is 0 Å². The lowest BCUT2D eigenvalue weighted by atomic mass is 9.90. The maximum absolute atomic E-state index is 6.54. The Morgan fingerprint density at radius 1 is 1.05 bits per heavy atom. The van der Waals surface area contributed by atoms with Crippen molar-refractivity contribution in [2.75, 3.05) is 26.4 Å². The molecule has 2 N–H and O–H groups in total. The fourth-order valence-corrected chi connectivity index (χ4v) is 3.85. The summed E-state index contributed by atoms with van der Waals surface area (Å²) in [6.07, 6.45) is 10.7. The molecule has 1 aliphatic carbocycles. The van der Waals surface area contributed by atoms with Crippen LogP contribution in [0.15, 0.2) is 0 Å². The van der Waals surface area contributed by atoms with Crippen molar-refractivity contribution in [1.82, 2.24) is 0 Å². The lowest BCUT2D eigenvalue weighted by molar-refractivity contribution is -0.138. The Labute approximate surface area is 122 Å². The largest absolute Gasteiger partial charge is 0.378 e. The molecule has 2 saturated heterocycles. The van der Waals surface area contributed by atoms with Crippen molar-refractivity contribution in [1.29, 1.82) is 0 Å². The van der Waals surface area contributed by atoms with Crippen LogP contribution < -0.4 is 5.73 Å². The first-order valence-corrected chi connectivity index (χ1v) is 8.32. The molecule has 3 aliphatic rings. The van der Waals surface area contributed by atoms with Crippen LogP contribution in [-0.2, 0) is 14.2 Å². The second-order valence-electron chi connectivity index (χ2n) is 7.04. The van der Waals surface area contributed by atoms with Crippen molar-refractivity contribution in [2.24, 2.45) is 5.73 Å². The zero-order chi connectivity index (χ0) is 13.9. The molecule has 0 bridgehead atoms. The molecule has 2 aliphatic heterocycles. The summed E-state index contributed by atoms with van der Waals surface area (Å²) < 4.78 is 17.7. The van der Waals surface area contributed by atoms with Gasteiger partial charge in [0.2, 0.25) is 0 Å². The molecule has 0 radical (unpaired) electrons. The minimum Gasteiger partial charge on any atom is -0.378 e. The van der Waals surface area contributed by atoms with E-state index >= 15 is 0 Å². The standard InChI is InChI=1S/C16H29NO3/c17-15(6-3-1-2-4-7-15)12-19-14-5-9-20-16(11-14)8-10-18-13-16/h14H,1-13,17H2. The van der Waals surface area contributed by atoms with Gasteiger partial charge in [-0.1, -0.05) is 25.7 Å². The van der Waals surface area contributed by atoms with Gasteiger partial charge in [0.15, 0.2) is 0 Å². The molecule has 3 rings (SSSR count). The Balaban J connectivity index is 1.50. The third kappa shape index (κ3) is 3.53. The number of hydrogen-bond acceptors (Lipinski definition) is 4. The molecule has 2 unspecified atom stereocenters. The van der Waals surface area contributed by atoms with E-state index in [0.717, 1.165) is 51.9 Å². The highest BCUT2D eigenvalue weighted by molar-refractivity contribution is 4.92. The predicted molar refractivity (Wildman–Crippen MR) is 77.7 cm³/mol. The molecule has 1 spiro atoms. The van der Waals surface area contributed by atoms with Crippen LogP contribution in [0.2, 0.25) is 0 Å². The van der Waals surface area contributed by atoms with Crippen molar-refractivity contribution < 1.29 is 14.2 Å². The second-order valence-corrected chi connectivity index (χ2v) is 7.04. The first kappa shape index (κ1) is 14.8. The van der Waals surface area contributed by atoms with Crippen molar-refractivity contribution >= 4 is 0 Å². The number of nitrogens with two attached hydrogens (primary N) is 1. The Hall–Kier alpha value is -0.160. The van der Waals surface area contributed by atoms with Crippen molar-refractivity contribution in [3.05, 3.63) is 0 Å². The van der Waals surface area contributed by atoms with Crippen LogP contribution in [0.4, 0.5) is 0 Å². The van der Waals surface area contributed by atoms with Gasteiger partial charge in [-0.3, -0.25) is 0 Å². The fraction of sp³-hybridized carbons (Fsp3) is 1.00. The molecule has 20 heavy (non-hydrogen) atoms. The average molecular weight is 283 g/mol. The van der Waals surface area contributed by atoms with E-state index in [1.54, 1.807) is 0 Å². The van der Waals surface area contributed by atoms with E-state index in [1.807, 2.05) is 0 Å². The van der Waals surface area contributed by atoms with Crippen LogP contribution in [0.25, 0.3) is 0 Å². The van der Waals surface area contributed by atoms with Gasteiger partial charge in [-0.15, -0.1) is 0 Å². The Morgan fingerprint density at radius 3 is 2.55 bits per heavy atom. The molecule has 3 fully saturated rings. The van der Waals surface area contributed by atoms with Gasteiger partial charge in [0.1, 0.15) is 0 Å². The maximum atomic E-state index is 6.54. The Morgan fingerprint density at radius 2 is 1.85 bits per heavy atom. The van der Waals surface area contributed by atoms with Crippen LogP contribution in [0.3, 0.4) is 0 Å². The van der Waals surface area contributed by atoms with Crippen LogP contribution in [0.1, 0.15) is 57.8 Å². The molecule has 0 amide bonds. The minimum atomic E-state index is -0.0891. The van der Waals surface area contributed by atoms with E-state index < -0.39 is 0 Å². The van der Waals surface area contributed by atoms with Gasteiger partial charge in [0.25, 0.3) is 0 Å². The normalized spacial score (nSPS) is 38.0. The number of ether oxygens (including phenoxy) is 3. The van der Waals surface area contributed by atoms with Crippen molar-refractivity contribution in [3.63, 3.8) is 0 Å². The summed E-state index contributed by atoms with van der Waals surface area (Å²) in [5, 5.41) is 0. The maximum Gasteiger partial charge on any atom is 0.0961 e. The van der Waals surface area contributed by atoms with Crippen LogP contribution >= 0.6 is 0 Å². The van der Waals surface area contributed by atoms with Crippen molar-refractivity contribution in [2.45, 2.75) is 75.0 Å². The summed E-state index contributed by atoms with van der Waals surface area (Å²) in [7, 11) is 0. The van der Waals surface area contributed by atoms with E-state index in [0.29, 0.717) is 12.7 Å². The van der Waals surface area contributed by atoms with Crippen LogP contribution in [0, 0.1) is 0 Å². The highest BCUT2D eigenvalue weighted by atomic mass is 16.6. The average Bonchev–Trinajstić information content (AvgIpc) is 2.77. The minimum absolute atomic E-state index is 0.0614. The summed E-state index contributed by atoms with van der Waals surface area (Å²) in [5.41, 5.74) is 6.39. The Kier molecular flexibility index (Phi) is 4.65. The molecule has 2 heterocycles. The van der Waals surface area contributed by atoms with Gasteiger partial charge >= 0.3 is 0 Å². The summed E-state index contributed by atoms with van der Waals surface area (Å²) in [6.45, 7) is 3.08. The molecule has 4 heteroatoms. The van der Waals surface area contributed by atoms with E-state index in [2.05, 4.69) is 0 Å². The van der Waals surface area contributed by atoms with E-state index in [1.165, 1.54) is 25.7 Å². The van der Waals surface area contributed by atoms with Crippen LogP contribution in [-0.4, -0.2) is 43.7 Å². The molecular formula is C16H29NO3. The molecule has 1 saturated carbocycles. The van der Waals surface area contributed by atoms with Gasteiger partial charge in [0, 0.05) is 31.6 Å². The zero-order valence-electron chi connectivity index (χ0n) is 12.6. The van der Waals surface area contributed by atoms with Gasteiger partial charge in [-0.2, -0.15) is 0 Å². The summed E-state index contributed by atoms with van der Waals surface area (Å²) in [5.74, 6) is 0. The monoisotopic (exact) mass is 283 g/mol. The summed E-state index contributed by atoms with van der Waals surface area (Å²) >= 11 is 0. The molecule has 2 atom stereocenters. The molecule has 0 aromatic heterocycles. The van der Waals surface area contributed by atoms with Crippen molar-refractivity contribution in [3.8, 4) is 0 Å². The predicted octanol–water partition coefficient (Wildman–Crippen LogP) is 2.39. The number of hydrogen-bond donors (Lipinski definition) is 1.